The lowest BCUT2D eigenvalue weighted by molar-refractivity contribution is 0.765. The first-order valence-electron chi connectivity index (χ1n) is 5.23. The average molecular weight is 205 g/mol. The zero-order valence-electron chi connectivity index (χ0n) is 8.51. The summed E-state index contributed by atoms with van der Waals surface area (Å²) >= 11 is 5.43. The number of hydrogen-bond acceptors (Lipinski definition) is 1. The second-order valence-electron chi connectivity index (χ2n) is 3.34. The Morgan fingerprint density at radius 2 is 1.25 bits per heavy atom. The molecule has 0 fully saturated rings. The van der Waals surface area contributed by atoms with E-state index in [0.717, 1.165) is 0 Å². The van der Waals surface area contributed by atoms with E-state index >= 15 is 0 Å². The molecule has 0 amide bonds. The molecule has 0 aromatic carbocycles. The van der Waals surface area contributed by atoms with E-state index < -0.39 is 0 Å². The number of rotatable bonds is 8. The third-order valence-corrected chi connectivity index (χ3v) is 4.75. The van der Waals surface area contributed by atoms with E-state index in [9.17, 15) is 0 Å². The molecule has 0 spiro atoms. The van der Waals surface area contributed by atoms with Crippen molar-refractivity contribution in [1.29, 1.82) is 0 Å². The molecule has 0 bridgehead atoms. The lowest BCUT2D eigenvalue weighted by atomic mass is 10.3. The van der Waals surface area contributed by atoms with Crippen molar-refractivity contribution in [2.45, 2.75) is 52.4 Å². The largest absolute Gasteiger partial charge is 0.175 e. The van der Waals surface area contributed by atoms with E-state index in [0.29, 0.717) is 0 Å². The van der Waals surface area contributed by atoms with Crippen LogP contribution in [-0.2, 0) is 11.8 Å². The van der Waals surface area contributed by atoms with Gasteiger partial charge in [0.1, 0.15) is 12.3 Å². The molecule has 2 heteroatoms. The molecule has 0 unspecified atom stereocenters. The Bertz CT molecular complexity index is 100. The molecule has 0 radical (unpaired) electrons. The van der Waals surface area contributed by atoms with Crippen molar-refractivity contribution in [3.05, 3.63) is 0 Å². The van der Waals surface area contributed by atoms with Crippen molar-refractivity contribution in [2.24, 2.45) is 0 Å². The molecule has 0 saturated carbocycles. The van der Waals surface area contributed by atoms with Crippen LogP contribution in [0.25, 0.3) is 0 Å². The maximum atomic E-state index is 5.43. The van der Waals surface area contributed by atoms with Gasteiger partial charge in [-0.25, -0.2) is 0 Å². The Labute approximate surface area is 83.6 Å². The van der Waals surface area contributed by atoms with Gasteiger partial charge in [0.15, 0.2) is 18.5 Å². The van der Waals surface area contributed by atoms with Crippen LogP contribution in [-0.4, -0.2) is 12.3 Å². The number of hydrogen-bond donors (Lipinski definition) is 0. The molecular formula is C10H22PS+. The fourth-order valence-corrected chi connectivity index (χ4v) is 3.34. The Morgan fingerprint density at radius 3 is 1.58 bits per heavy atom. The van der Waals surface area contributed by atoms with Crippen molar-refractivity contribution >= 4 is 18.5 Å². The molecule has 0 saturated heterocycles. The molecule has 72 valence electrons. The van der Waals surface area contributed by atoms with Gasteiger partial charge in [-0.3, -0.25) is 0 Å². The van der Waals surface area contributed by atoms with E-state index in [1.54, 1.807) is 0 Å². The van der Waals surface area contributed by atoms with Gasteiger partial charge >= 0.3 is 0 Å². The summed E-state index contributed by atoms with van der Waals surface area (Å²) < 4.78 is 0. The van der Waals surface area contributed by atoms with Crippen molar-refractivity contribution in [1.82, 2.24) is 0 Å². The Hall–Kier alpha value is 0.520. The average Bonchev–Trinajstić information content (AvgIpc) is 2.06. The summed E-state index contributed by atoms with van der Waals surface area (Å²) in [6, 6.07) is 0. The smallest absolute Gasteiger partial charge is 0.0654 e. The van der Waals surface area contributed by atoms with Gasteiger partial charge < -0.3 is 0 Å². The van der Waals surface area contributed by atoms with Gasteiger partial charge in [-0.15, -0.1) is 0 Å². The van der Waals surface area contributed by atoms with Crippen LogP contribution in [0.5, 0.6) is 0 Å². The number of unbranched alkanes of at least 4 members (excludes halogenated alkanes) is 4. The van der Waals surface area contributed by atoms with Crippen LogP contribution in [0.3, 0.4) is 0 Å². The van der Waals surface area contributed by atoms with Crippen LogP contribution >= 0.6 is 6.70 Å². The van der Waals surface area contributed by atoms with Crippen molar-refractivity contribution in [3.8, 4) is 0 Å². The maximum absolute atomic E-state index is 5.43. The molecule has 0 aromatic heterocycles. The zero-order valence-corrected chi connectivity index (χ0v) is 10.2. The van der Waals surface area contributed by atoms with Crippen molar-refractivity contribution in [3.63, 3.8) is 0 Å². The predicted molar refractivity (Wildman–Crippen MR) is 63.1 cm³/mol. The fourth-order valence-electron chi connectivity index (χ4n) is 1.19. The highest BCUT2D eigenvalue weighted by Crippen LogP contribution is 2.24. The summed E-state index contributed by atoms with van der Waals surface area (Å²) in [5.74, 6) is 0. The molecule has 0 heterocycles. The standard InChI is InChI=1S/C10H22PS/c1-3-5-7-9-11(12)10-8-6-4-2/h3-10H2,1-2H3/q+1. The minimum atomic E-state index is -0.0204. The summed E-state index contributed by atoms with van der Waals surface area (Å²) in [6.45, 7) is 4.48. The third kappa shape index (κ3) is 8.62. The van der Waals surface area contributed by atoms with E-state index in [-0.39, 0.29) is 6.70 Å². The lowest BCUT2D eigenvalue weighted by Gasteiger charge is -1.93. The summed E-state index contributed by atoms with van der Waals surface area (Å²) in [5.41, 5.74) is 0. The highest BCUT2D eigenvalue weighted by Gasteiger charge is 2.07. The Morgan fingerprint density at radius 1 is 0.833 bits per heavy atom. The van der Waals surface area contributed by atoms with Gasteiger partial charge in [0.05, 0.1) is 0 Å². The topological polar surface area (TPSA) is 0 Å². The van der Waals surface area contributed by atoms with Crippen LogP contribution in [0.2, 0.25) is 0 Å². The molecule has 0 nitrogen and oxygen atoms in total. The second kappa shape index (κ2) is 9.61. The summed E-state index contributed by atoms with van der Waals surface area (Å²) in [4.78, 5) is 0. The quantitative estimate of drug-likeness (QED) is 0.420. The fraction of sp³-hybridized carbons (Fsp3) is 1.00. The first-order chi connectivity index (χ1) is 5.81. The lowest BCUT2D eigenvalue weighted by Crippen LogP contribution is -1.84. The first-order valence-corrected chi connectivity index (χ1v) is 7.95. The van der Waals surface area contributed by atoms with Crippen LogP contribution < -0.4 is 0 Å². The molecule has 0 aliphatic rings. The first kappa shape index (κ1) is 12.5. The molecular weight excluding hydrogens is 183 g/mol. The van der Waals surface area contributed by atoms with Crippen LogP contribution in [0.15, 0.2) is 0 Å². The summed E-state index contributed by atoms with van der Waals surface area (Å²) in [6.07, 6.45) is 10.8. The molecule has 0 aliphatic heterocycles. The van der Waals surface area contributed by atoms with E-state index in [2.05, 4.69) is 13.8 Å². The van der Waals surface area contributed by atoms with Gasteiger partial charge in [-0.2, -0.15) is 0 Å². The summed E-state index contributed by atoms with van der Waals surface area (Å²) in [7, 11) is 0. The van der Waals surface area contributed by atoms with Crippen LogP contribution in [0.1, 0.15) is 52.4 Å². The minimum absolute atomic E-state index is 0.0204. The molecule has 0 atom stereocenters. The Balaban J connectivity index is 3.10. The van der Waals surface area contributed by atoms with Gasteiger partial charge in [0.2, 0.25) is 0 Å². The van der Waals surface area contributed by atoms with Gasteiger partial charge in [-0.05, 0) is 25.7 Å². The maximum Gasteiger partial charge on any atom is 0.175 e. The second-order valence-corrected chi connectivity index (χ2v) is 6.75. The highest BCUT2D eigenvalue weighted by atomic mass is 32.4. The SMILES string of the molecule is CCCCC[P+](=S)CCCCC. The molecule has 0 aliphatic carbocycles. The van der Waals surface area contributed by atoms with Gasteiger partial charge in [0, 0.05) is 0 Å². The predicted octanol–water partition coefficient (Wildman–Crippen LogP) is 4.31. The monoisotopic (exact) mass is 205 g/mol. The van der Waals surface area contributed by atoms with Gasteiger partial charge in [0.25, 0.3) is 0 Å². The third-order valence-electron chi connectivity index (χ3n) is 2.02. The molecule has 0 rings (SSSR count). The minimum Gasteiger partial charge on any atom is -0.0654 e. The van der Waals surface area contributed by atoms with Crippen LogP contribution in [0.4, 0.5) is 0 Å². The highest BCUT2D eigenvalue weighted by molar-refractivity contribution is 8.05. The Kier molecular flexibility index (Phi) is 10.0. The molecule has 0 aromatic rings. The zero-order chi connectivity index (χ0) is 9.23. The molecule has 0 N–H and O–H groups in total. The molecule has 12 heavy (non-hydrogen) atoms. The van der Waals surface area contributed by atoms with E-state index in [1.165, 1.54) is 50.8 Å². The van der Waals surface area contributed by atoms with E-state index in [1.807, 2.05) is 0 Å². The van der Waals surface area contributed by atoms with Crippen LogP contribution in [0, 0.1) is 0 Å². The van der Waals surface area contributed by atoms with Crippen molar-refractivity contribution < 1.29 is 0 Å². The summed E-state index contributed by atoms with van der Waals surface area (Å²) in [5, 5.41) is 0. The normalized spacial score (nSPS) is 10.2. The van der Waals surface area contributed by atoms with Crippen molar-refractivity contribution in [2.75, 3.05) is 12.3 Å². The van der Waals surface area contributed by atoms with Gasteiger partial charge in [-0.1, -0.05) is 26.7 Å². The van der Waals surface area contributed by atoms with E-state index in [4.69, 9.17) is 11.8 Å².